The van der Waals surface area contributed by atoms with E-state index in [0.717, 1.165) is 12.1 Å². The van der Waals surface area contributed by atoms with Gasteiger partial charge in [0.1, 0.15) is 5.82 Å². The molecule has 0 saturated carbocycles. The van der Waals surface area contributed by atoms with Crippen LogP contribution in [-0.4, -0.2) is 15.7 Å². The molecule has 3 aromatic rings. The van der Waals surface area contributed by atoms with Gasteiger partial charge in [-0.05, 0) is 24.3 Å². The quantitative estimate of drug-likeness (QED) is 0.650. The Morgan fingerprint density at radius 3 is 2.18 bits per heavy atom. The molecule has 1 N–H and O–H groups in total. The summed E-state index contributed by atoms with van der Waals surface area (Å²) in [6.45, 7) is 5.90. The zero-order chi connectivity index (χ0) is 20.5. The Balaban J connectivity index is 2.03. The second-order valence-corrected chi connectivity index (χ2v) is 7.41. The fourth-order valence-electron chi connectivity index (χ4n) is 2.71. The van der Waals surface area contributed by atoms with Crippen molar-refractivity contribution < 1.29 is 18.0 Å². The molecule has 0 aliphatic rings. The van der Waals surface area contributed by atoms with Gasteiger partial charge in [-0.2, -0.15) is 18.3 Å². The molecule has 7 heteroatoms. The smallest absolute Gasteiger partial charge is 0.306 e. The molecule has 2 aromatic carbocycles. The third-order valence-electron chi connectivity index (χ3n) is 4.20. The van der Waals surface area contributed by atoms with Crippen LogP contribution in [0.2, 0.25) is 0 Å². The molecule has 0 aliphatic heterocycles. The van der Waals surface area contributed by atoms with Crippen LogP contribution in [0.3, 0.4) is 0 Å². The number of halogens is 3. The average molecular weight is 387 g/mol. The molecule has 4 nitrogen and oxygen atoms in total. The fourth-order valence-corrected chi connectivity index (χ4v) is 2.71. The number of alkyl halides is 3. The van der Waals surface area contributed by atoms with E-state index in [1.54, 1.807) is 18.2 Å². The molecule has 0 unspecified atom stereocenters. The van der Waals surface area contributed by atoms with Crippen molar-refractivity contribution in [1.29, 1.82) is 0 Å². The Hall–Kier alpha value is -3.09. The summed E-state index contributed by atoms with van der Waals surface area (Å²) < 4.78 is 41.3. The predicted octanol–water partition coefficient (Wildman–Crippen LogP) is 5.44. The molecule has 1 aromatic heterocycles. The zero-order valence-corrected chi connectivity index (χ0v) is 15.7. The molecule has 0 bridgehead atoms. The highest BCUT2D eigenvalue weighted by atomic mass is 19.4. The summed E-state index contributed by atoms with van der Waals surface area (Å²) >= 11 is 0. The van der Waals surface area contributed by atoms with Gasteiger partial charge in [0.05, 0.1) is 22.5 Å². The van der Waals surface area contributed by atoms with E-state index < -0.39 is 23.2 Å². The lowest BCUT2D eigenvalue weighted by molar-refractivity contribution is -0.137. The summed E-state index contributed by atoms with van der Waals surface area (Å²) in [5.74, 6) is -0.538. The number of para-hydroxylation sites is 1. The third kappa shape index (κ3) is 4.08. The van der Waals surface area contributed by atoms with Crippen molar-refractivity contribution in [2.75, 3.05) is 5.32 Å². The fraction of sp³-hybridized carbons (Fsp3) is 0.238. The van der Waals surface area contributed by atoms with Crippen molar-refractivity contribution in [3.8, 4) is 5.69 Å². The summed E-state index contributed by atoms with van der Waals surface area (Å²) in [6, 6.07) is 15.5. The van der Waals surface area contributed by atoms with Crippen LogP contribution in [0.15, 0.2) is 60.7 Å². The molecule has 0 saturated heterocycles. The van der Waals surface area contributed by atoms with Gasteiger partial charge in [0.25, 0.3) is 5.91 Å². The molecular formula is C21H20F3N3O. The van der Waals surface area contributed by atoms with Crippen LogP contribution in [0, 0.1) is 0 Å². The van der Waals surface area contributed by atoms with E-state index in [0.29, 0.717) is 17.2 Å². The number of benzene rings is 2. The van der Waals surface area contributed by atoms with E-state index in [1.165, 1.54) is 16.8 Å². The molecule has 0 fully saturated rings. The summed E-state index contributed by atoms with van der Waals surface area (Å²) in [5, 5.41) is 7.14. The number of anilines is 1. The molecule has 0 atom stereocenters. The minimum atomic E-state index is -4.62. The number of amides is 1. The van der Waals surface area contributed by atoms with Crippen LogP contribution in [0.4, 0.5) is 19.0 Å². The number of carbonyl (C=O) groups is 1. The number of nitrogens with zero attached hydrogens (tertiary/aromatic N) is 2. The zero-order valence-electron chi connectivity index (χ0n) is 15.7. The summed E-state index contributed by atoms with van der Waals surface area (Å²) in [6.07, 6.45) is -4.62. The average Bonchev–Trinajstić information content (AvgIpc) is 3.06. The topological polar surface area (TPSA) is 46.9 Å². The number of aromatic nitrogens is 2. The number of nitrogens with one attached hydrogen (secondary N) is 1. The van der Waals surface area contributed by atoms with Crippen LogP contribution < -0.4 is 5.32 Å². The second kappa shape index (κ2) is 7.14. The minimum Gasteiger partial charge on any atom is -0.306 e. The number of carbonyl (C=O) groups excluding carboxylic acids is 1. The largest absolute Gasteiger partial charge is 0.417 e. The predicted molar refractivity (Wildman–Crippen MR) is 102 cm³/mol. The summed E-state index contributed by atoms with van der Waals surface area (Å²) in [5.41, 5.74) is -0.320. The van der Waals surface area contributed by atoms with E-state index in [1.807, 2.05) is 39.0 Å². The highest BCUT2D eigenvalue weighted by Crippen LogP contribution is 2.32. The van der Waals surface area contributed by atoms with Crippen molar-refractivity contribution in [1.82, 2.24) is 9.78 Å². The Labute approximate surface area is 161 Å². The van der Waals surface area contributed by atoms with Crippen LogP contribution in [0.1, 0.15) is 42.4 Å². The SMILES string of the molecule is CC(C)(C)c1cc(NC(=O)c2ccccc2C(F)(F)F)n(-c2ccccc2)n1. The standard InChI is InChI=1S/C21H20F3N3O/c1-20(2,3)17-13-18(27(26-17)14-9-5-4-6-10-14)25-19(28)15-11-7-8-12-16(15)21(22,23)24/h4-13H,1-3H3,(H,25,28). The van der Waals surface area contributed by atoms with Crippen molar-refractivity contribution >= 4 is 11.7 Å². The maximum absolute atomic E-state index is 13.3. The van der Waals surface area contributed by atoms with Gasteiger partial charge in [-0.3, -0.25) is 4.79 Å². The van der Waals surface area contributed by atoms with Gasteiger partial charge in [-0.25, -0.2) is 4.68 Å². The van der Waals surface area contributed by atoms with E-state index in [2.05, 4.69) is 10.4 Å². The molecule has 0 spiro atoms. The second-order valence-electron chi connectivity index (χ2n) is 7.41. The van der Waals surface area contributed by atoms with E-state index in [-0.39, 0.29) is 5.41 Å². The van der Waals surface area contributed by atoms with Crippen LogP contribution >= 0.6 is 0 Å². The summed E-state index contributed by atoms with van der Waals surface area (Å²) in [7, 11) is 0. The normalized spacial score (nSPS) is 12.1. The Morgan fingerprint density at radius 2 is 1.57 bits per heavy atom. The maximum atomic E-state index is 13.3. The Bertz CT molecular complexity index is 986. The molecule has 1 heterocycles. The number of hydrogen-bond donors (Lipinski definition) is 1. The van der Waals surface area contributed by atoms with Gasteiger partial charge < -0.3 is 5.32 Å². The first-order valence-corrected chi connectivity index (χ1v) is 8.71. The van der Waals surface area contributed by atoms with Gasteiger partial charge in [-0.15, -0.1) is 0 Å². The van der Waals surface area contributed by atoms with Crippen molar-refractivity contribution in [2.45, 2.75) is 32.4 Å². The molecule has 146 valence electrons. The first kappa shape index (κ1) is 19.7. The van der Waals surface area contributed by atoms with Crippen molar-refractivity contribution in [3.63, 3.8) is 0 Å². The highest BCUT2D eigenvalue weighted by Gasteiger charge is 2.35. The van der Waals surface area contributed by atoms with Gasteiger partial charge in [0, 0.05) is 11.5 Å². The molecule has 28 heavy (non-hydrogen) atoms. The number of hydrogen-bond acceptors (Lipinski definition) is 2. The summed E-state index contributed by atoms with van der Waals surface area (Å²) in [4.78, 5) is 12.7. The van der Waals surface area contributed by atoms with E-state index >= 15 is 0 Å². The Kier molecular flexibility index (Phi) is 5.02. The van der Waals surface area contributed by atoms with Gasteiger partial charge in [0.2, 0.25) is 0 Å². The Morgan fingerprint density at radius 1 is 0.964 bits per heavy atom. The first-order chi connectivity index (χ1) is 13.1. The lowest BCUT2D eigenvalue weighted by Crippen LogP contribution is -2.20. The monoisotopic (exact) mass is 387 g/mol. The lowest BCUT2D eigenvalue weighted by atomic mass is 9.92. The first-order valence-electron chi connectivity index (χ1n) is 8.71. The third-order valence-corrected chi connectivity index (χ3v) is 4.20. The molecule has 0 radical (unpaired) electrons. The van der Waals surface area contributed by atoms with Crippen molar-refractivity contribution in [3.05, 3.63) is 77.5 Å². The number of rotatable bonds is 3. The molecule has 3 rings (SSSR count). The maximum Gasteiger partial charge on any atom is 0.417 e. The van der Waals surface area contributed by atoms with Crippen molar-refractivity contribution in [2.24, 2.45) is 0 Å². The van der Waals surface area contributed by atoms with Crippen LogP contribution in [-0.2, 0) is 11.6 Å². The van der Waals surface area contributed by atoms with E-state index in [4.69, 9.17) is 0 Å². The highest BCUT2D eigenvalue weighted by molar-refractivity contribution is 6.05. The molecular weight excluding hydrogens is 367 g/mol. The van der Waals surface area contributed by atoms with Gasteiger partial charge in [0.15, 0.2) is 0 Å². The minimum absolute atomic E-state index is 0.302. The van der Waals surface area contributed by atoms with Gasteiger partial charge in [-0.1, -0.05) is 51.1 Å². The van der Waals surface area contributed by atoms with Crippen LogP contribution in [0.5, 0.6) is 0 Å². The van der Waals surface area contributed by atoms with Gasteiger partial charge >= 0.3 is 6.18 Å². The molecule has 1 amide bonds. The van der Waals surface area contributed by atoms with E-state index in [9.17, 15) is 18.0 Å². The van der Waals surface area contributed by atoms with Crippen LogP contribution in [0.25, 0.3) is 5.69 Å². The lowest BCUT2D eigenvalue weighted by Gasteiger charge is -2.14. The molecule has 0 aliphatic carbocycles.